The Morgan fingerprint density at radius 1 is 1.09 bits per heavy atom. The Bertz CT molecular complexity index is 70.5. The molecular weight excluding hydrogens is 350 g/mol. The molecule has 0 aliphatic heterocycles. The van der Waals surface area contributed by atoms with Crippen molar-refractivity contribution in [3.05, 3.63) is 0 Å². The summed E-state index contributed by atoms with van der Waals surface area (Å²) in [5.41, 5.74) is 0. The third-order valence-corrected chi connectivity index (χ3v) is 22.8. The molecule has 0 rings (SSSR count). The number of rotatable bonds is 7. The molecule has 0 spiro atoms. The van der Waals surface area contributed by atoms with E-state index in [0.717, 1.165) is 0 Å². The number of hydrogen-bond acceptors (Lipinski definition) is 1. The summed E-state index contributed by atoms with van der Waals surface area (Å²) in [7, 11) is 0. The van der Waals surface area contributed by atoms with E-state index in [1.54, 1.807) is 0 Å². The van der Waals surface area contributed by atoms with Gasteiger partial charge in [0.1, 0.15) is 0 Å². The first-order valence-electron chi connectivity index (χ1n) is 4.87. The van der Waals surface area contributed by atoms with Gasteiger partial charge in [-0.05, 0) is 0 Å². The summed E-state index contributed by atoms with van der Waals surface area (Å²) < 4.78 is 8.79. The first-order valence-corrected chi connectivity index (χ1v) is 13.2. The van der Waals surface area contributed by atoms with Crippen LogP contribution in [-0.4, -0.2) is 43.1 Å². The van der Waals surface area contributed by atoms with Crippen LogP contribution in [-0.2, 0) is 1.41 Å². The zero-order chi connectivity index (χ0) is 8.53. The maximum absolute atomic E-state index is 5.77. The molecule has 0 saturated heterocycles. The van der Waals surface area contributed by atoms with Crippen molar-refractivity contribution in [1.29, 1.82) is 0 Å². The van der Waals surface area contributed by atoms with Crippen LogP contribution in [0, 0.1) is 0 Å². The van der Waals surface area contributed by atoms with E-state index < -0.39 is 20.2 Å². The Morgan fingerprint density at radius 2 is 1.55 bits per heavy atom. The zero-order valence-corrected chi connectivity index (χ0v) is 17.2. The van der Waals surface area contributed by atoms with E-state index in [4.69, 9.17) is 1.41 Å². The van der Waals surface area contributed by atoms with Crippen molar-refractivity contribution in [2.24, 2.45) is 0 Å². The Morgan fingerprint density at radius 3 is 1.82 bits per heavy atom. The van der Waals surface area contributed by atoms with Crippen molar-refractivity contribution >= 4 is 43.1 Å². The average Bonchev–Trinajstić information content (AvgIpc) is 2.05. The molecule has 0 atom stereocenters. The van der Waals surface area contributed by atoms with Gasteiger partial charge >= 0.3 is 92.9 Å². The third-order valence-electron chi connectivity index (χ3n) is 2.09. The first kappa shape index (κ1) is 12.6. The molecule has 0 unspecified atom stereocenters. The van der Waals surface area contributed by atoms with Crippen LogP contribution in [0.4, 0.5) is 0 Å². The van der Waals surface area contributed by atoms with Gasteiger partial charge in [0, 0.05) is 0 Å². The topological polar surface area (TPSA) is 9.23 Å². The Hall–Kier alpha value is 1.56. The second-order valence-corrected chi connectivity index (χ2v) is 20.4. The number of unbranched alkanes of at least 4 members (excludes halogenated alkanes) is 2. The van der Waals surface area contributed by atoms with Crippen LogP contribution in [0.5, 0.6) is 0 Å². The molecule has 0 saturated carbocycles. The van der Waals surface area contributed by atoms with Gasteiger partial charge in [-0.1, -0.05) is 0 Å². The van der Waals surface area contributed by atoms with Crippen molar-refractivity contribution in [3.8, 4) is 0 Å². The normalized spacial score (nSPS) is 11.2. The molecule has 0 heterocycles. The van der Waals surface area contributed by atoms with Crippen LogP contribution < -0.4 is 0 Å². The van der Waals surface area contributed by atoms with Gasteiger partial charge in [-0.25, -0.2) is 0 Å². The summed E-state index contributed by atoms with van der Waals surface area (Å²) in [6, 6.07) is 0. The molecule has 0 radical (unpaired) electrons. The summed E-state index contributed by atoms with van der Waals surface area (Å²) in [4.78, 5) is 0. The zero-order valence-electron chi connectivity index (χ0n) is 8.23. The maximum atomic E-state index is 5.77. The molecule has 0 amide bonds. The molecule has 0 aliphatic rings. The predicted molar refractivity (Wildman–Crippen MR) is 57.6 cm³/mol. The van der Waals surface area contributed by atoms with E-state index in [0.29, 0.717) is 22.9 Å². The number of hydrogen-bond donors (Lipinski definition) is 0. The van der Waals surface area contributed by atoms with Crippen LogP contribution in [0.25, 0.3) is 0 Å². The summed E-state index contributed by atoms with van der Waals surface area (Å²) in [6.45, 7) is 4.56. The minimum absolute atomic E-state index is 0.526. The summed E-state index contributed by atoms with van der Waals surface area (Å²) in [6.07, 6.45) is 5.59. The fourth-order valence-electron chi connectivity index (χ4n) is 1.24. The summed E-state index contributed by atoms with van der Waals surface area (Å²) in [5, 5.41) is 0. The molecule has 1 nitrogen and oxygen atoms in total. The Labute approximate surface area is 92.2 Å². The van der Waals surface area contributed by atoms with Crippen LogP contribution in [0.1, 0.15) is 39.5 Å². The van der Waals surface area contributed by atoms with Gasteiger partial charge in [0.25, 0.3) is 0 Å². The first-order chi connectivity index (χ1) is 5.35. The molecule has 0 aliphatic carbocycles. The molecule has 3 heteroatoms. The van der Waals surface area contributed by atoms with Crippen LogP contribution in [0.15, 0.2) is 0 Å². The van der Waals surface area contributed by atoms with Crippen LogP contribution >= 0.6 is 0 Å². The van der Waals surface area contributed by atoms with Gasteiger partial charge < -0.3 is 0 Å². The van der Waals surface area contributed by atoms with E-state index in [1.807, 2.05) is 0 Å². The molecule has 0 aromatic heterocycles. The van der Waals surface area contributed by atoms with Crippen molar-refractivity contribution in [3.63, 3.8) is 0 Å². The molecule has 0 aromatic carbocycles. The second-order valence-electron chi connectivity index (χ2n) is 3.14. The standard InChI is InChI=1S/2C4H9.O.2Sn.4H/c2*1-3-4-2;;;;;;;/h2*1,3-4H2,2H3;;;;;;;. The third kappa shape index (κ3) is 7.90. The van der Waals surface area contributed by atoms with E-state index in [9.17, 15) is 0 Å². The van der Waals surface area contributed by atoms with Gasteiger partial charge in [-0.3, -0.25) is 0 Å². The predicted octanol–water partition coefficient (Wildman–Crippen LogP) is 1.61. The molecule has 68 valence electrons. The van der Waals surface area contributed by atoms with Gasteiger partial charge in [0.05, 0.1) is 0 Å². The van der Waals surface area contributed by atoms with E-state index in [1.165, 1.54) is 34.6 Å². The Kier molecular flexibility index (Phi) is 11.0. The van der Waals surface area contributed by atoms with Gasteiger partial charge in [-0.15, -0.1) is 0 Å². The monoisotopic (exact) mass is 374 g/mol. The van der Waals surface area contributed by atoms with Crippen molar-refractivity contribution in [2.75, 3.05) is 0 Å². The van der Waals surface area contributed by atoms with Crippen LogP contribution in [0.3, 0.4) is 0 Å². The molecule has 0 bridgehead atoms. The molecule has 11 heavy (non-hydrogen) atoms. The fraction of sp³-hybridized carbons (Fsp3) is 1.00. The molecular formula is C8H22OSn2. The van der Waals surface area contributed by atoms with Gasteiger partial charge in [0.15, 0.2) is 0 Å². The van der Waals surface area contributed by atoms with E-state index in [2.05, 4.69) is 13.8 Å². The average molecular weight is 372 g/mol. The van der Waals surface area contributed by atoms with Crippen molar-refractivity contribution < 1.29 is 1.41 Å². The van der Waals surface area contributed by atoms with E-state index in [-0.39, 0.29) is 0 Å². The molecule has 0 aromatic rings. The van der Waals surface area contributed by atoms with Gasteiger partial charge in [-0.2, -0.15) is 0 Å². The summed E-state index contributed by atoms with van der Waals surface area (Å²) >= 11 is -0.780. The minimum atomic E-state index is -1.31. The van der Waals surface area contributed by atoms with Crippen molar-refractivity contribution in [2.45, 2.75) is 48.4 Å². The van der Waals surface area contributed by atoms with Crippen LogP contribution in [0.2, 0.25) is 8.87 Å². The quantitative estimate of drug-likeness (QED) is 0.618. The van der Waals surface area contributed by atoms with Gasteiger partial charge in [0.2, 0.25) is 0 Å². The van der Waals surface area contributed by atoms with E-state index >= 15 is 0 Å². The summed E-state index contributed by atoms with van der Waals surface area (Å²) in [5.74, 6) is 0. The SMILES string of the molecule is CCC[CH2][SnH]([CH2]CCC)[O][SnH3]. The fourth-order valence-corrected chi connectivity index (χ4v) is 17.4. The van der Waals surface area contributed by atoms with Crippen molar-refractivity contribution in [1.82, 2.24) is 0 Å². The molecule has 0 N–H and O–H groups in total. The Balaban J connectivity index is 3.25. The second kappa shape index (κ2) is 9.64. The molecule has 0 fully saturated rings.